The van der Waals surface area contributed by atoms with Crippen LogP contribution in [0.25, 0.3) is 11.1 Å². The van der Waals surface area contributed by atoms with Gasteiger partial charge in [0.25, 0.3) is 0 Å². The van der Waals surface area contributed by atoms with Crippen LogP contribution in [0.5, 0.6) is 17.2 Å². The number of nitrogens with two attached hydrogens (primary N) is 1. The Hall–Kier alpha value is -5.06. The van der Waals surface area contributed by atoms with E-state index in [0.29, 0.717) is 71.8 Å². The second-order valence-electron chi connectivity index (χ2n) is 15.0. The summed E-state index contributed by atoms with van der Waals surface area (Å²) in [5, 5.41) is 22.9. The number of rotatable bonds is 18. The van der Waals surface area contributed by atoms with Gasteiger partial charge in [-0.1, -0.05) is 48.4 Å². The van der Waals surface area contributed by atoms with Gasteiger partial charge < -0.3 is 30.2 Å². The van der Waals surface area contributed by atoms with Crippen LogP contribution in [-0.4, -0.2) is 43.1 Å². The number of primary amides is 1. The fourth-order valence-electron chi connectivity index (χ4n) is 7.92. The van der Waals surface area contributed by atoms with Crippen molar-refractivity contribution in [2.75, 3.05) is 26.2 Å². The van der Waals surface area contributed by atoms with E-state index in [1.54, 1.807) is 18.2 Å². The molecule has 2 aliphatic rings. The fraction of sp³-hybridized carbons (Fsp3) is 0.413. The van der Waals surface area contributed by atoms with Crippen molar-refractivity contribution in [3.05, 3.63) is 111 Å². The number of unbranched alkanes of at least 4 members (excludes halogenated alkanes) is 1. The molecule has 4 aromatic carbocycles. The van der Waals surface area contributed by atoms with E-state index < -0.39 is 0 Å². The number of hydrogen-bond donors (Lipinski definition) is 2. The summed E-state index contributed by atoms with van der Waals surface area (Å²) in [6.07, 6.45) is 8.24. The summed E-state index contributed by atoms with van der Waals surface area (Å²) >= 11 is 6.92. The monoisotopic (exact) mass is 773 g/mol. The summed E-state index contributed by atoms with van der Waals surface area (Å²) in [6, 6.07) is 26.4. The molecule has 4 aromatic rings. The standard InChI is InChI=1S/C46H52ClN5O4/c1-31-10-4-6-19-52(31)20-9-21-54-42-14-8-11-37(32(42)2)38-12-7-13-40-39(38)16-17-43(40)56-45-26-44(55-30-35-23-33(27-48)22-34(24-35)28-49)36(25-41(45)47)29-51-18-5-3-15-46(50)53/h7-8,11-14,22-26,31,43,51H,3-6,9-10,15-21,29-30H2,1-2H3,(H2,50,53)/t31-,43+/m1/s1. The molecule has 0 saturated carbocycles. The zero-order valence-electron chi connectivity index (χ0n) is 32.5. The van der Waals surface area contributed by atoms with Crippen molar-refractivity contribution in [2.24, 2.45) is 5.73 Å². The predicted octanol–water partition coefficient (Wildman–Crippen LogP) is 9.09. The van der Waals surface area contributed by atoms with E-state index >= 15 is 0 Å². The number of carbonyl (C=O) groups is 1. The highest BCUT2D eigenvalue weighted by molar-refractivity contribution is 6.32. The van der Waals surface area contributed by atoms with E-state index in [1.165, 1.54) is 42.5 Å². The zero-order chi connectivity index (χ0) is 39.4. The van der Waals surface area contributed by atoms with Crippen molar-refractivity contribution < 1.29 is 19.0 Å². The normalized spacial score (nSPS) is 16.4. The molecule has 0 radical (unpaired) electrons. The van der Waals surface area contributed by atoms with Gasteiger partial charge in [0.05, 0.1) is 34.9 Å². The van der Waals surface area contributed by atoms with Crippen molar-refractivity contribution in [2.45, 2.75) is 96.9 Å². The van der Waals surface area contributed by atoms with E-state index in [2.05, 4.69) is 72.6 Å². The van der Waals surface area contributed by atoms with Gasteiger partial charge in [0, 0.05) is 37.2 Å². The number of fused-ring (bicyclic) bond motifs is 1. The number of likely N-dealkylation sites (tertiary alicyclic amines) is 1. The molecule has 292 valence electrons. The molecule has 1 aliphatic heterocycles. The molecule has 0 unspecified atom stereocenters. The average Bonchev–Trinajstić information content (AvgIpc) is 3.62. The Balaban J connectivity index is 1.17. The third kappa shape index (κ3) is 10.4. The largest absolute Gasteiger partial charge is 0.493 e. The van der Waals surface area contributed by atoms with Crippen molar-refractivity contribution in [3.8, 4) is 40.5 Å². The predicted molar refractivity (Wildman–Crippen MR) is 220 cm³/mol. The summed E-state index contributed by atoms with van der Waals surface area (Å²) in [5.41, 5.74) is 13.5. The van der Waals surface area contributed by atoms with Gasteiger partial charge in [-0.05, 0) is 136 Å². The summed E-state index contributed by atoms with van der Waals surface area (Å²) in [5.74, 6) is 1.73. The van der Waals surface area contributed by atoms with Gasteiger partial charge in [-0.15, -0.1) is 0 Å². The lowest BCUT2D eigenvalue weighted by molar-refractivity contribution is -0.118. The topological polar surface area (TPSA) is 134 Å². The lowest BCUT2D eigenvalue weighted by atomic mass is 9.93. The van der Waals surface area contributed by atoms with E-state index in [9.17, 15) is 15.3 Å². The molecule has 9 nitrogen and oxygen atoms in total. The maximum absolute atomic E-state index is 11.1. The van der Waals surface area contributed by atoms with Crippen LogP contribution in [0.4, 0.5) is 0 Å². The maximum Gasteiger partial charge on any atom is 0.217 e. The summed E-state index contributed by atoms with van der Waals surface area (Å²) in [6.45, 7) is 8.75. The number of piperidine rings is 1. The number of nitriles is 2. The van der Waals surface area contributed by atoms with Gasteiger partial charge in [0.2, 0.25) is 5.91 Å². The zero-order valence-corrected chi connectivity index (χ0v) is 33.3. The van der Waals surface area contributed by atoms with Gasteiger partial charge in [-0.3, -0.25) is 4.79 Å². The summed E-state index contributed by atoms with van der Waals surface area (Å²) in [4.78, 5) is 13.7. The first-order chi connectivity index (χ1) is 27.2. The molecule has 1 fully saturated rings. The molecule has 1 aliphatic carbocycles. The van der Waals surface area contributed by atoms with Crippen LogP contribution in [0.2, 0.25) is 5.02 Å². The van der Waals surface area contributed by atoms with Crippen LogP contribution in [0.15, 0.2) is 66.7 Å². The van der Waals surface area contributed by atoms with E-state index in [-0.39, 0.29) is 18.6 Å². The second kappa shape index (κ2) is 19.7. The Morgan fingerprint density at radius 1 is 0.929 bits per heavy atom. The van der Waals surface area contributed by atoms with Crippen LogP contribution in [0, 0.1) is 29.6 Å². The quantitative estimate of drug-likeness (QED) is 0.0957. The third-order valence-electron chi connectivity index (χ3n) is 10.9. The number of nitrogens with one attached hydrogen (secondary N) is 1. The molecule has 1 heterocycles. The smallest absolute Gasteiger partial charge is 0.217 e. The Bertz CT molecular complexity index is 2060. The molecule has 0 aromatic heterocycles. The van der Waals surface area contributed by atoms with Gasteiger partial charge in [0.15, 0.2) is 0 Å². The number of carbonyl (C=O) groups excluding carboxylic acids is 1. The molecule has 1 saturated heterocycles. The Morgan fingerprint density at radius 3 is 2.48 bits per heavy atom. The number of hydrogen-bond acceptors (Lipinski definition) is 8. The minimum atomic E-state index is -0.304. The summed E-state index contributed by atoms with van der Waals surface area (Å²) < 4.78 is 19.4. The molecule has 0 bridgehead atoms. The third-order valence-corrected chi connectivity index (χ3v) is 11.2. The van der Waals surface area contributed by atoms with Gasteiger partial charge >= 0.3 is 0 Å². The number of benzene rings is 4. The first-order valence-electron chi connectivity index (χ1n) is 19.9. The Labute approximate surface area is 336 Å². The number of halogens is 1. The van der Waals surface area contributed by atoms with Gasteiger partial charge in [-0.25, -0.2) is 0 Å². The van der Waals surface area contributed by atoms with Crippen LogP contribution < -0.4 is 25.3 Å². The van der Waals surface area contributed by atoms with Crippen molar-refractivity contribution in [3.63, 3.8) is 0 Å². The number of ether oxygens (including phenoxy) is 3. The van der Waals surface area contributed by atoms with E-state index in [4.69, 9.17) is 31.5 Å². The Morgan fingerprint density at radius 2 is 1.71 bits per heavy atom. The minimum Gasteiger partial charge on any atom is -0.493 e. The van der Waals surface area contributed by atoms with Crippen LogP contribution in [0.3, 0.4) is 0 Å². The highest BCUT2D eigenvalue weighted by Gasteiger charge is 2.28. The highest BCUT2D eigenvalue weighted by atomic mass is 35.5. The molecule has 6 rings (SSSR count). The number of nitrogens with zero attached hydrogens (tertiary/aromatic N) is 3. The molecule has 3 N–H and O–H groups in total. The molecule has 56 heavy (non-hydrogen) atoms. The lowest BCUT2D eigenvalue weighted by Crippen LogP contribution is -2.38. The van der Waals surface area contributed by atoms with Gasteiger partial charge in [-0.2, -0.15) is 10.5 Å². The average molecular weight is 774 g/mol. The summed E-state index contributed by atoms with van der Waals surface area (Å²) in [7, 11) is 0. The van der Waals surface area contributed by atoms with Crippen LogP contribution >= 0.6 is 11.6 Å². The minimum absolute atomic E-state index is 0.145. The first kappa shape index (κ1) is 40.6. The highest BCUT2D eigenvalue weighted by Crippen LogP contribution is 2.44. The molecule has 0 spiro atoms. The van der Waals surface area contributed by atoms with Crippen molar-refractivity contribution in [1.82, 2.24) is 10.2 Å². The molecular weight excluding hydrogens is 722 g/mol. The molecule has 10 heteroatoms. The fourth-order valence-corrected chi connectivity index (χ4v) is 8.15. The SMILES string of the molecule is Cc1c(OCCCN2CCCC[C@H]2C)cccc1-c1cccc2c1CC[C@@H]2Oc1cc(OCc2cc(C#N)cc(C#N)c2)c(CNCCCCC(N)=O)cc1Cl. The van der Waals surface area contributed by atoms with Crippen LogP contribution in [0.1, 0.15) is 103 Å². The van der Waals surface area contributed by atoms with E-state index in [0.717, 1.165) is 54.7 Å². The first-order valence-corrected chi connectivity index (χ1v) is 20.3. The van der Waals surface area contributed by atoms with Crippen molar-refractivity contribution >= 4 is 17.5 Å². The number of amides is 1. The maximum atomic E-state index is 11.1. The van der Waals surface area contributed by atoms with Crippen molar-refractivity contribution in [1.29, 1.82) is 10.5 Å². The lowest BCUT2D eigenvalue weighted by Gasteiger charge is -2.33. The van der Waals surface area contributed by atoms with E-state index in [1.807, 2.05) is 12.1 Å². The Kier molecular flexibility index (Phi) is 14.3. The molecular formula is C46H52ClN5O4. The second-order valence-corrected chi connectivity index (χ2v) is 15.4. The van der Waals surface area contributed by atoms with Gasteiger partial charge in [0.1, 0.15) is 30.0 Å². The molecule has 1 amide bonds. The van der Waals surface area contributed by atoms with Crippen LogP contribution in [-0.2, 0) is 24.4 Å². The molecule has 2 atom stereocenters.